The average Bonchev–Trinajstić information content (AvgIpc) is 2.26. The molecule has 6 nitrogen and oxygen atoms in total. The number of nitrogens with two attached hydrogens (primary N) is 2. The Hall–Kier alpha value is -1.14. The lowest BCUT2D eigenvalue weighted by molar-refractivity contribution is -0.228. The molecule has 0 unspecified atom stereocenters. The Morgan fingerprint density at radius 2 is 1.62 bits per heavy atom. The van der Waals surface area contributed by atoms with Gasteiger partial charge in [-0.3, -0.25) is 15.3 Å². The lowest BCUT2D eigenvalue weighted by Gasteiger charge is -2.27. The minimum atomic E-state index is -1.64. The van der Waals surface area contributed by atoms with Crippen LogP contribution in [0.2, 0.25) is 0 Å². The summed E-state index contributed by atoms with van der Waals surface area (Å²) in [4.78, 5) is 22.7. The maximum Gasteiger partial charge on any atom is 0.315 e. The number of hydrogen-bond donors (Lipinski definition) is 2. The van der Waals surface area contributed by atoms with Crippen LogP contribution in [0.4, 0.5) is 0 Å². The molecule has 0 aromatic rings. The summed E-state index contributed by atoms with van der Waals surface area (Å²) in [5, 5.41) is 0. The molecule has 0 saturated carbocycles. The Balaban J connectivity index is 2.67. The molecular formula is C10H18N2O4. The van der Waals surface area contributed by atoms with Crippen LogP contribution in [0.5, 0.6) is 0 Å². The number of cyclic esters (lactones) is 2. The van der Waals surface area contributed by atoms with Crippen molar-refractivity contribution in [2.24, 2.45) is 11.5 Å². The van der Waals surface area contributed by atoms with Gasteiger partial charge in [0.25, 0.3) is 0 Å². The summed E-state index contributed by atoms with van der Waals surface area (Å²) in [7, 11) is 0. The zero-order valence-corrected chi connectivity index (χ0v) is 9.24. The van der Waals surface area contributed by atoms with E-state index in [1.807, 2.05) is 0 Å². The lowest BCUT2D eigenvalue weighted by Crippen LogP contribution is -2.48. The Kier molecular flexibility index (Phi) is 4.70. The van der Waals surface area contributed by atoms with Crippen LogP contribution in [-0.2, 0) is 19.1 Å². The zero-order valence-electron chi connectivity index (χ0n) is 9.24. The minimum Gasteiger partial charge on any atom is -0.409 e. The van der Waals surface area contributed by atoms with Crippen LogP contribution in [-0.4, -0.2) is 24.4 Å². The third-order valence-electron chi connectivity index (χ3n) is 2.31. The van der Waals surface area contributed by atoms with Crippen molar-refractivity contribution >= 4 is 11.9 Å². The first kappa shape index (κ1) is 12.9. The highest BCUT2D eigenvalue weighted by atomic mass is 16.7. The number of hydrogen-bond acceptors (Lipinski definition) is 6. The van der Waals surface area contributed by atoms with Gasteiger partial charge in [-0.05, 0) is 25.8 Å². The molecular weight excluding hydrogens is 212 g/mol. The number of carbonyl (C=O) groups excluding carboxylic acids is 2. The van der Waals surface area contributed by atoms with E-state index in [4.69, 9.17) is 20.9 Å². The standard InChI is InChI=1S/C10H18N2O4/c11-7-3-6-10(12)15-8(13)4-1-2-5-9(14)16-10/h1-7,11-12H2. The summed E-state index contributed by atoms with van der Waals surface area (Å²) >= 11 is 0. The maximum atomic E-state index is 11.3. The lowest BCUT2D eigenvalue weighted by atomic mass is 10.2. The predicted molar refractivity (Wildman–Crippen MR) is 55.9 cm³/mol. The molecule has 4 N–H and O–H groups in total. The molecule has 0 atom stereocenters. The highest BCUT2D eigenvalue weighted by Crippen LogP contribution is 2.19. The molecule has 0 aromatic carbocycles. The molecule has 0 aliphatic carbocycles. The fourth-order valence-electron chi connectivity index (χ4n) is 1.50. The van der Waals surface area contributed by atoms with E-state index in [1.54, 1.807) is 0 Å². The van der Waals surface area contributed by atoms with Crippen LogP contribution in [0.25, 0.3) is 0 Å². The van der Waals surface area contributed by atoms with E-state index in [9.17, 15) is 9.59 Å². The largest absolute Gasteiger partial charge is 0.409 e. The second-order valence-electron chi connectivity index (χ2n) is 3.86. The normalized spacial score (nSPS) is 21.4. The molecule has 1 aliphatic rings. The van der Waals surface area contributed by atoms with Crippen molar-refractivity contribution in [3.63, 3.8) is 0 Å². The van der Waals surface area contributed by atoms with Gasteiger partial charge in [0.1, 0.15) is 0 Å². The molecule has 1 rings (SSSR count). The molecule has 0 aromatic heterocycles. The van der Waals surface area contributed by atoms with Crippen molar-refractivity contribution in [1.82, 2.24) is 0 Å². The number of ether oxygens (including phenoxy) is 2. The third-order valence-corrected chi connectivity index (χ3v) is 2.31. The van der Waals surface area contributed by atoms with Gasteiger partial charge in [-0.25, -0.2) is 0 Å². The van der Waals surface area contributed by atoms with Crippen molar-refractivity contribution < 1.29 is 19.1 Å². The van der Waals surface area contributed by atoms with Gasteiger partial charge in [0.2, 0.25) is 0 Å². The molecule has 1 aliphatic heterocycles. The van der Waals surface area contributed by atoms with Crippen molar-refractivity contribution in [3.8, 4) is 0 Å². The molecule has 0 bridgehead atoms. The summed E-state index contributed by atoms with van der Waals surface area (Å²) in [6.45, 7) is 0.397. The smallest absolute Gasteiger partial charge is 0.315 e. The fraction of sp³-hybridized carbons (Fsp3) is 0.800. The number of carbonyl (C=O) groups is 2. The average molecular weight is 230 g/mol. The topological polar surface area (TPSA) is 105 Å². The molecule has 0 amide bonds. The van der Waals surface area contributed by atoms with Crippen LogP contribution in [0, 0.1) is 0 Å². The summed E-state index contributed by atoms with van der Waals surface area (Å²) in [6.07, 6.45) is 2.50. The molecule has 0 radical (unpaired) electrons. The van der Waals surface area contributed by atoms with Gasteiger partial charge < -0.3 is 15.2 Å². The Morgan fingerprint density at radius 1 is 1.12 bits per heavy atom. The predicted octanol–water partition coefficient (Wildman–Crippen LogP) is -0.00180. The van der Waals surface area contributed by atoms with E-state index in [0.717, 1.165) is 0 Å². The van der Waals surface area contributed by atoms with Gasteiger partial charge in [0.05, 0.1) is 0 Å². The van der Waals surface area contributed by atoms with E-state index in [-0.39, 0.29) is 19.3 Å². The molecule has 6 heteroatoms. The highest BCUT2D eigenvalue weighted by molar-refractivity contribution is 5.72. The summed E-state index contributed by atoms with van der Waals surface area (Å²) < 4.78 is 9.94. The Morgan fingerprint density at radius 3 is 2.06 bits per heavy atom. The van der Waals surface area contributed by atoms with Gasteiger partial charge in [-0.15, -0.1) is 0 Å². The van der Waals surface area contributed by atoms with Gasteiger partial charge in [0, 0.05) is 19.3 Å². The van der Waals surface area contributed by atoms with Crippen LogP contribution < -0.4 is 11.5 Å². The van der Waals surface area contributed by atoms with Gasteiger partial charge in [-0.2, -0.15) is 0 Å². The summed E-state index contributed by atoms with van der Waals surface area (Å²) in [6, 6.07) is 0. The van der Waals surface area contributed by atoms with Gasteiger partial charge >= 0.3 is 17.8 Å². The van der Waals surface area contributed by atoms with E-state index in [2.05, 4.69) is 0 Å². The fourth-order valence-corrected chi connectivity index (χ4v) is 1.50. The molecule has 1 fully saturated rings. The van der Waals surface area contributed by atoms with Gasteiger partial charge in [-0.1, -0.05) is 0 Å². The quantitative estimate of drug-likeness (QED) is 0.661. The third kappa shape index (κ3) is 4.16. The maximum absolute atomic E-state index is 11.3. The second-order valence-corrected chi connectivity index (χ2v) is 3.86. The Labute approximate surface area is 94.2 Å². The number of esters is 2. The van der Waals surface area contributed by atoms with Crippen molar-refractivity contribution in [1.29, 1.82) is 0 Å². The zero-order chi connectivity index (χ0) is 12.0. The molecule has 1 heterocycles. The van der Waals surface area contributed by atoms with E-state index in [1.165, 1.54) is 0 Å². The van der Waals surface area contributed by atoms with E-state index < -0.39 is 17.8 Å². The molecule has 1 saturated heterocycles. The van der Waals surface area contributed by atoms with Gasteiger partial charge in [0.15, 0.2) is 0 Å². The van der Waals surface area contributed by atoms with Crippen molar-refractivity contribution in [3.05, 3.63) is 0 Å². The van der Waals surface area contributed by atoms with Crippen LogP contribution in [0.1, 0.15) is 38.5 Å². The Bertz CT molecular complexity index is 248. The second kappa shape index (κ2) is 5.81. The first-order chi connectivity index (χ1) is 7.56. The first-order valence-corrected chi connectivity index (χ1v) is 5.48. The van der Waals surface area contributed by atoms with Crippen LogP contribution >= 0.6 is 0 Å². The van der Waals surface area contributed by atoms with E-state index >= 15 is 0 Å². The number of rotatable bonds is 3. The molecule has 92 valence electrons. The van der Waals surface area contributed by atoms with Crippen LogP contribution in [0.15, 0.2) is 0 Å². The minimum absolute atomic E-state index is 0.223. The molecule has 16 heavy (non-hydrogen) atoms. The summed E-state index contributed by atoms with van der Waals surface area (Å²) in [5.41, 5.74) is 11.1. The molecule has 0 spiro atoms. The summed E-state index contributed by atoms with van der Waals surface area (Å²) in [5.74, 6) is -2.51. The van der Waals surface area contributed by atoms with Crippen LogP contribution in [0.3, 0.4) is 0 Å². The monoisotopic (exact) mass is 230 g/mol. The van der Waals surface area contributed by atoms with Crippen molar-refractivity contribution in [2.45, 2.75) is 44.4 Å². The first-order valence-electron chi connectivity index (χ1n) is 5.48. The van der Waals surface area contributed by atoms with E-state index in [0.29, 0.717) is 25.8 Å². The van der Waals surface area contributed by atoms with Crippen molar-refractivity contribution in [2.75, 3.05) is 6.54 Å². The highest BCUT2D eigenvalue weighted by Gasteiger charge is 2.34. The SMILES string of the molecule is NCCCC1(N)OC(=O)CCCCC(=O)O1.